The van der Waals surface area contributed by atoms with Crippen LogP contribution in [-0.2, 0) is 0 Å². The van der Waals surface area contributed by atoms with Gasteiger partial charge in [-0.1, -0.05) is 6.07 Å². The molecule has 0 aliphatic carbocycles. The molecule has 1 aromatic carbocycles. The molecule has 1 aromatic rings. The number of anilines is 1. The predicted octanol–water partition coefficient (Wildman–Crippen LogP) is 2.18. The molecule has 0 saturated heterocycles. The largest absolute Gasteiger partial charge is 0.388 e. The molecule has 0 aliphatic heterocycles. The van der Waals surface area contributed by atoms with Gasteiger partial charge in [-0.25, -0.2) is 4.39 Å². The molecule has 0 radical (unpaired) electrons. The molecule has 0 heterocycles. The Hall–Kier alpha value is -1.05. The Labute approximate surface area is 59.9 Å². The standard InChI is InChI=1S/C8H10FN/c1-6-3-4-7(9)5-8(6)10-2/h3-5,10H,1-2H3. The normalized spacial score (nSPS) is 9.50. The van der Waals surface area contributed by atoms with Crippen LogP contribution < -0.4 is 5.32 Å². The van der Waals surface area contributed by atoms with Gasteiger partial charge >= 0.3 is 0 Å². The van der Waals surface area contributed by atoms with Gasteiger partial charge in [-0.05, 0) is 24.6 Å². The molecule has 10 heavy (non-hydrogen) atoms. The molecule has 1 nitrogen and oxygen atoms in total. The Bertz CT molecular complexity index is 233. The first-order valence-electron chi connectivity index (χ1n) is 3.18. The van der Waals surface area contributed by atoms with Crippen molar-refractivity contribution >= 4 is 5.69 Å². The van der Waals surface area contributed by atoms with Crippen LogP contribution in [0.25, 0.3) is 0 Å². The summed E-state index contributed by atoms with van der Waals surface area (Å²) >= 11 is 0. The van der Waals surface area contributed by atoms with E-state index in [1.54, 1.807) is 13.1 Å². The number of halogens is 1. The average Bonchev–Trinajstić information content (AvgIpc) is 1.94. The second-order valence-corrected chi connectivity index (χ2v) is 2.21. The average molecular weight is 139 g/mol. The van der Waals surface area contributed by atoms with Gasteiger partial charge in [0, 0.05) is 12.7 Å². The first-order chi connectivity index (χ1) is 4.74. The van der Waals surface area contributed by atoms with Crippen LogP contribution in [0, 0.1) is 12.7 Å². The van der Waals surface area contributed by atoms with E-state index in [1.165, 1.54) is 12.1 Å². The first kappa shape index (κ1) is 7.06. The molecule has 0 atom stereocenters. The molecule has 0 unspecified atom stereocenters. The molecule has 0 fully saturated rings. The summed E-state index contributed by atoms with van der Waals surface area (Å²) in [6.07, 6.45) is 0. The molecule has 1 N–H and O–H groups in total. The zero-order chi connectivity index (χ0) is 7.56. The predicted molar refractivity (Wildman–Crippen MR) is 40.7 cm³/mol. The summed E-state index contributed by atoms with van der Waals surface area (Å²) in [7, 11) is 1.78. The van der Waals surface area contributed by atoms with Gasteiger partial charge < -0.3 is 5.32 Å². The number of nitrogens with one attached hydrogen (secondary N) is 1. The summed E-state index contributed by atoms with van der Waals surface area (Å²) in [6.45, 7) is 1.94. The molecular formula is C8H10FN. The van der Waals surface area contributed by atoms with E-state index in [2.05, 4.69) is 5.32 Å². The van der Waals surface area contributed by atoms with Crippen molar-refractivity contribution in [1.29, 1.82) is 0 Å². The highest BCUT2D eigenvalue weighted by Crippen LogP contribution is 2.14. The maximum atomic E-state index is 12.5. The van der Waals surface area contributed by atoms with Gasteiger partial charge in [-0.3, -0.25) is 0 Å². The quantitative estimate of drug-likeness (QED) is 0.628. The first-order valence-corrected chi connectivity index (χ1v) is 3.18. The fourth-order valence-electron chi connectivity index (χ4n) is 0.864. The summed E-state index contributed by atoms with van der Waals surface area (Å²) in [5.41, 5.74) is 1.91. The number of benzene rings is 1. The van der Waals surface area contributed by atoms with Crippen LogP contribution in [0.3, 0.4) is 0 Å². The number of hydrogen-bond acceptors (Lipinski definition) is 1. The second kappa shape index (κ2) is 2.69. The highest BCUT2D eigenvalue weighted by atomic mass is 19.1. The third-order valence-corrected chi connectivity index (χ3v) is 1.47. The fourth-order valence-corrected chi connectivity index (χ4v) is 0.864. The van der Waals surface area contributed by atoms with E-state index in [-0.39, 0.29) is 5.82 Å². The van der Waals surface area contributed by atoms with E-state index >= 15 is 0 Å². The maximum Gasteiger partial charge on any atom is 0.125 e. The molecule has 1 rings (SSSR count). The van der Waals surface area contributed by atoms with Gasteiger partial charge in [0.2, 0.25) is 0 Å². The lowest BCUT2D eigenvalue weighted by atomic mass is 10.2. The fraction of sp³-hybridized carbons (Fsp3) is 0.250. The van der Waals surface area contributed by atoms with E-state index in [1.807, 2.05) is 6.92 Å². The lowest BCUT2D eigenvalue weighted by molar-refractivity contribution is 0.628. The highest BCUT2D eigenvalue weighted by Gasteiger charge is 1.95. The summed E-state index contributed by atoms with van der Waals surface area (Å²) in [5.74, 6) is -0.199. The van der Waals surface area contributed by atoms with Crippen molar-refractivity contribution in [3.05, 3.63) is 29.6 Å². The van der Waals surface area contributed by atoms with E-state index in [0.29, 0.717) is 0 Å². The summed E-state index contributed by atoms with van der Waals surface area (Å²) in [4.78, 5) is 0. The second-order valence-electron chi connectivity index (χ2n) is 2.21. The van der Waals surface area contributed by atoms with Gasteiger partial charge in [0.15, 0.2) is 0 Å². The van der Waals surface area contributed by atoms with Crippen molar-refractivity contribution in [1.82, 2.24) is 0 Å². The van der Waals surface area contributed by atoms with Gasteiger partial charge in [0.05, 0.1) is 0 Å². The van der Waals surface area contributed by atoms with Crippen molar-refractivity contribution in [2.24, 2.45) is 0 Å². The molecule has 2 heteroatoms. The molecule has 0 bridgehead atoms. The topological polar surface area (TPSA) is 12.0 Å². The van der Waals surface area contributed by atoms with Crippen molar-refractivity contribution < 1.29 is 4.39 Å². The molecule has 0 aromatic heterocycles. The number of hydrogen-bond donors (Lipinski definition) is 1. The lowest BCUT2D eigenvalue weighted by Gasteiger charge is -2.02. The van der Waals surface area contributed by atoms with E-state index < -0.39 is 0 Å². The number of rotatable bonds is 1. The van der Waals surface area contributed by atoms with Crippen molar-refractivity contribution in [2.75, 3.05) is 12.4 Å². The van der Waals surface area contributed by atoms with E-state index in [9.17, 15) is 4.39 Å². The lowest BCUT2D eigenvalue weighted by Crippen LogP contribution is -1.91. The Morgan fingerprint density at radius 1 is 1.40 bits per heavy atom. The van der Waals surface area contributed by atoms with Gasteiger partial charge in [-0.15, -0.1) is 0 Å². The minimum Gasteiger partial charge on any atom is -0.388 e. The van der Waals surface area contributed by atoms with Crippen molar-refractivity contribution in [3.8, 4) is 0 Å². The highest BCUT2D eigenvalue weighted by molar-refractivity contribution is 5.49. The molecule has 0 spiro atoms. The Balaban J connectivity index is 3.09. The molecule has 0 aliphatic rings. The molecule has 0 amide bonds. The third-order valence-electron chi connectivity index (χ3n) is 1.47. The van der Waals surface area contributed by atoms with Crippen molar-refractivity contribution in [3.63, 3.8) is 0 Å². The maximum absolute atomic E-state index is 12.5. The zero-order valence-corrected chi connectivity index (χ0v) is 6.11. The molecule has 0 saturated carbocycles. The monoisotopic (exact) mass is 139 g/mol. The van der Waals surface area contributed by atoms with Crippen LogP contribution in [0.5, 0.6) is 0 Å². The van der Waals surface area contributed by atoms with Crippen LogP contribution in [-0.4, -0.2) is 7.05 Å². The minimum atomic E-state index is -0.199. The van der Waals surface area contributed by atoms with E-state index in [4.69, 9.17) is 0 Å². The van der Waals surface area contributed by atoms with Crippen LogP contribution in [0.2, 0.25) is 0 Å². The smallest absolute Gasteiger partial charge is 0.125 e. The van der Waals surface area contributed by atoms with Crippen LogP contribution in [0.15, 0.2) is 18.2 Å². The number of aryl methyl sites for hydroxylation is 1. The van der Waals surface area contributed by atoms with E-state index in [0.717, 1.165) is 11.3 Å². The Morgan fingerprint density at radius 2 is 2.10 bits per heavy atom. The van der Waals surface area contributed by atoms with Gasteiger partial charge in [0.25, 0.3) is 0 Å². The van der Waals surface area contributed by atoms with Gasteiger partial charge in [0.1, 0.15) is 5.82 Å². The Kier molecular flexibility index (Phi) is 1.90. The van der Waals surface area contributed by atoms with Crippen LogP contribution >= 0.6 is 0 Å². The summed E-state index contributed by atoms with van der Waals surface area (Å²) < 4.78 is 12.5. The zero-order valence-electron chi connectivity index (χ0n) is 6.11. The summed E-state index contributed by atoms with van der Waals surface area (Å²) in [6, 6.07) is 4.69. The summed E-state index contributed by atoms with van der Waals surface area (Å²) in [5, 5.41) is 2.90. The SMILES string of the molecule is CNc1cc(F)ccc1C. The third kappa shape index (κ3) is 1.26. The van der Waals surface area contributed by atoms with Crippen molar-refractivity contribution in [2.45, 2.75) is 6.92 Å². The Morgan fingerprint density at radius 3 is 2.60 bits per heavy atom. The van der Waals surface area contributed by atoms with Crippen LogP contribution in [0.4, 0.5) is 10.1 Å². The molecule has 54 valence electrons. The van der Waals surface area contributed by atoms with Gasteiger partial charge in [-0.2, -0.15) is 0 Å². The molecular weight excluding hydrogens is 129 g/mol. The minimum absolute atomic E-state index is 0.199. The van der Waals surface area contributed by atoms with Crippen LogP contribution in [0.1, 0.15) is 5.56 Å².